The number of aromatic amines is 1. The summed E-state index contributed by atoms with van der Waals surface area (Å²) >= 11 is 0. The fraction of sp³-hybridized carbons (Fsp3) is 0.400. The van der Waals surface area contributed by atoms with E-state index in [-0.39, 0.29) is 5.91 Å². The molecule has 5 heteroatoms. The molecule has 0 aliphatic carbocycles. The zero-order chi connectivity index (χ0) is 14.2. The van der Waals surface area contributed by atoms with E-state index in [0.29, 0.717) is 5.69 Å². The summed E-state index contributed by atoms with van der Waals surface area (Å²) in [4.78, 5) is 15.4. The van der Waals surface area contributed by atoms with Crippen LogP contribution in [0.2, 0.25) is 25.2 Å². The molecule has 0 saturated carbocycles. The van der Waals surface area contributed by atoms with E-state index in [1.165, 1.54) is 12.1 Å². The van der Waals surface area contributed by atoms with Gasteiger partial charge >= 0.3 is 0 Å². The molecule has 0 spiro atoms. The number of carbonyl (C=O) groups excluding carboxylic acids is 1. The van der Waals surface area contributed by atoms with Gasteiger partial charge in [0.1, 0.15) is 5.69 Å². The second kappa shape index (κ2) is 5.07. The van der Waals surface area contributed by atoms with E-state index in [2.05, 4.69) is 28.5 Å². The number of carbonyl (C=O) groups is 1. The lowest BCUT2D eigenvalue weighted by atomic mass is 10.2. The van der Waals surface area contributed by atoms with Crippen LogP contribution in [0.1, 0.15) is 10.5 Å². The van der Waals surface area contributed by atoms with Gasteiger partial charge in [-0.2, -0.15) is 0 Å². The van der Waals surface area contributed by atoms with Crippen LogP contribution < -0.4 is 5.43 Å². The number of fused-ring (bicyclic) bond motifs is 1. The largest absolute Gasteiger partial charge is 0.350 e. The van der Waals surface area contributed by atoms with Gasteiger partial charge in [-0.1, -0.05) is 31.3 Å². The zero-order valence-electron chi connectivity index (χ0n) is 12.1. The third-order valence-corrected chi connectivity index (χ3v) is 7.31. The molecule has 3 rings (SSSR count). The molecule has 1 amide bonds. The summed E-state index contributed by atoms with van der Waals surface area (Å²) in [6.45, 7) is 6.80. The van der Waals surface area contributed by atoms with Gasteiger partial charge in [0, 0.05) is 32.1 Å². The van der Waals surface area contributed by atoms with Crippen molar-refractivity contribution in [2.45, 2.75) is 25.2 Å². The Labute approximate surface area is 120 Å². The van der Waals surface area contributed by atoms with Crippen molar-refractivity contribution < 1.29 is 4.79 Å². The van der Waals surface area contributed by atoms with Crippen molar-refractivity contribution in [2.75, 3.05) is 13.1 Å². The maximum Gasteiger partial charge on any atom is 0.282 e. The Morgan fingerprint density at radius 1 is 1.25 bits per heavy atom. The van der Waals surface area contributed by atoms with Crippen molar-refractivity contribution in [3.8, 4) is 0 Å². The monoisotopic (exact) mass is 287 g/mol. The number of hydrogen-bond acceptors (Lipinski definition) is 2. The van der Waals surface area contributed by atoms with Crippen LogP contribution in [0.25, 0.3) is 10.9 Å². The Morgan fingerprint density at radius 3 is 2.65 bits per heavy atom. The third-order valence-electron chi connectivity index (χ3n) is 4.15. The summed E-state index contributed by atoms with van der Waals surface area (Å²) in [5, 5.41) is 3.14. The standard InChI is InChI=1S/C15H21N3OSi/c1-20(2)9-7-18(8-10-20)17-15(19)14-11-12-5-3-4-6-13(12)16-14/h3-6,11,16H,7-10H2,1-2H3,(H,17,19). The Kier molecular flexibility index (Phi) is 3.39. The number of rotatable bonds is 2. The van der Waals surface area contributed by atoms with E-state index in [4.69, 9.17) is 0 Å². The number of hydrogen-bond donors (Lipinski definition) is 2. The van der Waals surface area contributed by atoms with Gasteiger partial charge in [0.25, 0.3) is 5.91 Å². The summed E-state index contributed by atoms with van der Waals surface area (Å²) in [7, 11) is -0.990. The molecule has 2 aromatic rings. The number of benzene rings is 1. The molecule has 2 heterocycles. The molecule has 1 aromatic heterocycles. The normalized spacial score (nSPS) is 19.1. The first-order valence-corrected chi connectivity index (χ1v) is 10.6. The molecule has 1 aliphatic rings. The number of nitrogens with one attached hydrogen (secondary N) is 2. The van der Waals surface area contributed by atoms with Gasteiger partial charge in [-0.3, -0.25) is 10.2 Å². The molecular weight excluding hydrogens is 266 g/mol. The van der Waals surface area contributed by atoms with Gasteiger partial charge in [-0.15, -0.1) is 0 Å². The van der Waals surface area contributed by atoms with E-state index < -0.39 is 8.07 Å². The van der Waals surface area contributed by atoms with Crippen LogP contribution in [0.4, 0.5) is 0 Å². The highest BCUT2D eigenvalue weighted by atomic mass is 28.3. The second-order valence-electron chi connectivity index (χ2n) is 6.36. The summed E-state index contributed by atoms with van der Waals surface area (Å²) < 4.78 is 0. The van der Waals surface area contributed by atoms with Crippen LogP contribution in [-0.2, 0) is 0 Å². The van der Waals surface area contributed by atoms with E-state index in [0.717, 1.165) is 24.0 Å². The van der Waals surface area contributed by atoms with Crippen molar-refractivity contribution in [2.24, 2.45) is 0 Å². The lowest BCUT2D eigenvalue weighted by Crippen LogP contribution is -2.50. The SMILES string of the molecule is C[Si]1(C)CCN(NC(=O)c2cc3ccccc3[nH]2)CC1. The van der Waals surface area contributed by atoms with Gasteiger partial charge in [0.15, 0.2) is 0 Å². The van der Waals surface area contributed by atoms with Crippen molar-refractivity contribution in [1.82, 2.24) is 15.4 Å². The van der Waals surface area contributed by atoms with E-state index in [1.807, 2.05) is 30.3 Å². The van der Waals surface area contributed by atoms with Crippen LogP contribution in [0.5, 0.6) is 0 Å². The minimum atomic E-state index is -0.990. The quantitative estimate of drug-likeness (QED) is 0.834. The molecule has 1 saturated heterocycles. The van der Waals surface area contributed by atoms with Gasteiger partial charge in [0.05, 0.1) is 0 Å². The molecule has 1 aromatic carbocycles. The Hall–Kier alpha value is -1.59. The maximum atomic E-state index is 12.3. The Morgan fingerprint density at radius 2 is 1.95 bits per heavy atom. The molecule has 0 bridgehead atoms. The minimum absolute atomic E-state index is 0.0393. The topological polar surface area (TPSA) is 48.1 Å². The van der Waals surface area contributed by atoms with Crippen LogP contribution in [0.15, 0.2) is 30.3 Å². The number of H-pyrrole nitrogens is 1. The predicted octanol–water partition coefficient (Wildman–Crippen LogP) is 2.84. The van der Waals surface area contributed by atoms with Gasteiger partial charge in [-0.05, 0) is 24.2 Å². The summed E-state index contributed by atoms with van der Waals surface area (Å²) in [6, 6.07) is 12.4. The molecule has 1 fully saturated rings. The molecule has 1 aliphatic heterocycles. The number of para-hydroxylation sites is 1. The molecular formula is C15H21N3OSi. The molecule has 0 radical (unpaired) electrons. The number of hydrazine groups is 1. The highest BCUT2D eigenvalue weighted by Crippen LogP contribution is 2.21. The molecule has 4 nitrogen and oxygen atoms in total. The van der Waals surface area contributed by atoms with Crippen molar-refractivity contribution >= 4 is 24.9 Å². The predicted molar refractivity (Wildman–Crippen MR) is 84.4 cm³/mol. The van der Waals surface area contributed by atoms with Gasteiger partial charge in [-0.25, -0.2) is 5.01 Å². The first-order valence-electron chi connectivity index (χ1n) is 7.17. The highest BCUT2D eigenvalue weighted by Gasteiger charge is 2.28. The minimum Gasteiger partial charge on any atom is -0.350 e. The third kappa shape index (κ3) is 2.78. The number of amides is 1. The van der Waals surface area contributed by atoms with Crippen LogP contribution in [0, 0.1) is 0 Å². The van der Waals surface area contributed by atoms with Crippen molar-refractivity contribution in [3.05, 3.63) is 36.0 Å². The molecule has 106 valence electrons. The Balaban J connectivity index is 1.67. The fourth-order valence-electron chi connectivity index (χ4n) is 2.62. The first-order chi connectivity index (χ1) is 9.53. The summed E-state index contributed by atoms with van der Waals surface area (Å²) in [6.07, 6.45) is 0. The first kappa shape index (κ1) is 13.4. The zero-order valence-corrected chi connectivity index (χ0v) is 13.1. The molecule has 0 atom stereocenters. The van der Waals surface area contributed by atoms with Crippen molar-refractivity contribution in [1.29, 1.82) is 0 Å². The Bertz CT molecular complexity index is 592. The fourth-order valence-corrected chi connectivity index (χ4v) is 4.62. The molecule has 0 unspecified atom stereocenters. The van der Waals surface area contributed by atoms with Gasteiger partial charge < -0.3 is 4.98 Å². The van der Waals surface area contributed by atoms with Gasteiger partial charge in [0.2, 0.25) is 0 Å². The second-order valence-corrected chi connectivity index (χ2v) is 11.7. The highest BCUT2D eigenvalue weighted by molar-refractivity contribution is 6.77. The molecule has 2 N–H and O–H groups in total. The van der Waals surface area contributed by atoms with E-state index in [1.54, 1.807) is 0 Å². The smallest absolute Gasteiger partial charge is 0.282 e. The average Bonchev–Trinajstić information content (AvgIpc) is 2.85. The van der Waals surface area contributed by atoms with E-state index >= 15 is 0 Å². The lowest BCUT2D eigenvalue weighted by molar-refractivity contribution is 0.0793. The number of nitrogens with zero attached hydrogens (tertiary/aromatic N) is 1. The maximum absolute atomic E-state index is 12.3. The summed E-state index contributed by atoms with van der Waals surface area (Å²) in [5.41, 5.74) is 4.66. The van der Waals surface area contributed by atoms with Crippen LogP contribution >= 0.6 is 0 Å². The molecule has 20 heavy (non-hydrogen) atoms. The van der Waals surface area contributed by atoms with Crippen LogP contribution in [0.3, 0.4) is 0 Å². The summed E-state index contributed by atoms with van der Waals surface area (Å²) in [5.74, 6) is -0.0393. The number of aromatic nitrogens is 1. The van der Waals surface area contributed by atoms with Crippen molar-refractivity contribution in [3.63, 3.8) is 0 Å². The average molecular weight is 287 g/mol. The lowest BCUT2D eigenvalue weighted by Gasteiger charge is -2.35. The van der Waals surface area contributed by atoms with E-state index in [9.17, 15) is 4.79 Å². The van der Waals surface area contributed by atoms with Crippen LogP contribution in [-0.4, -0.2) is 37.1 Å².